The molecule has 13 heteroatoms. The molecule has 2 aliphatic rings. The van der Waals surface area contributed by atoms with Gasteiger partial charge in [-0.3, -0.25) is 30.1 Å². The average Bonchev–Trinajstić information content (AvgIpc) is 3.27. The predicted octanol–water partition coefficient (Wildman–Crippen LogP) is -0.696. The number of hydrogen-bond donors (Lipinski definition) is 6. The quantitative estimate of drug-likeness (QED) is 0.193. The molecule has 2 aliphatic heterocycles. The van der Waals surface area contributed by atoms with Crippen LogP contribution in [0.25, 0.3) is 0 Å². The molecule has 0 spiro atoms. The van der Waals surface area contributed by atoms with Crippen molar-refractivity contribution < 1.29 is 28.0 Å². The molecule has 12 nitrogen and oxygen atoms in total. The Kier molecular flexibility index (Phi) is 9.92. The fraction of sp³-hybridized carbons (Fsp3) is 0.571. The van der Waals surface area contributed by atoms with Crippen LogP contribution in [-0.4, -0.2) is 75.7 Å². The van der Waals surface area contributed by atoms with Gasteiger partial charge >= 0.3 is 5.97 Å². The lowest BCUT2D eigenvalue weighted by Gasteiger charge is -2.19. The van der Waals surface area contributed by atoms with E-state index in [1.54, 1.807) is 6.07 Å². The molecule has 2 heterocycles. The van der Waals surface area contributed by atoms with E-state index in [0.29, 0.717) is 6.42 Å². The first-order valence-corrected chi connectivity index (χ1v) is 12.8. The van der Waals surface area contributed by atoms with Crippen LogP contribution in [0, 0.1) is 0 Å². The third-order valence-electron chi connectivity index (χ3n) is 5.45. The molecule has 6 N–H and O–H groups in total. The maximum Gasteiger partial charge on any atom is 0.323 e. The number of amides is 1. The lowest BCUT2D eigenvalue weighted by molar-refractivity contribution is -0.139. The summed E-state index contributed by atoms with van der Waals surface area (Å²) >= 11 is 0. The van der Waals surface area contributed by atoms with Gasteiger partial charge in [0.15, 0.2) is 6.29 Å². The van der Waals surface area contributed by atoms with E-state index in [1.807, 2.05) is 6.21 Å². The fourth-order valence-electron chi connectivity index (χ4n) is 3.67. The number of carbonyl (C=O) groups excluding carboxylic acids is 1. The van der Waals surface area contributed by atoms with Crippen molar-refractivity contribution in [3.05, 3.63) is 30.3 Å². The summed E-state index contributed by atoms with van der Waals surface area (Å²) in [6, 6.07) is 6.06. The van der Waals surface area contributed by atoms with E-state index < -0.39 is 27.9 Å². The topological polar surface area (TPSA) is 170 Å². The molecule has 1 fully saturated rings. The molecule has 0 radical (unpaired) electrons. The summed E-state index contributed by atoms with van der Waals surface area (Å²) in [5.74, 6) is -1.80. The first-order chi connectivity index (χ1) is 16.3. The average molecular weight is 497 g/mol. The van der Waals surface area contributed by atoms with Gasteiger partial charge in [-0.1, -0.05) is 18.2 Å². The Bertz CT molecular complexity index is 944. The van der Waals surface area contributed by atoms with Crippen LogP contribution < -0.4 is 26.2 Å². The SMILES string of the molecule is O=C(CC1CC(CCCNC2N=CCCN2)NO1)NCC(NS(=O)(=O)c1ccccc1)C(=O)O. The maximum absolute atomic E-state index is 12.4. The number of aliphatic imine (C=N–C) groups is 1. The molecule has 188 valence electrons. The second kappa shape index (κ2) is 12.9. The molecule has 0 aliphatic carbocycles. The molecule has 1 aromatic carbocycles. The molecule has 4 unspecified atom stereocenters. The third kappa shape index (κ3) is 8.42. The minimum Gasteiger partial charge on any atom is -0.480 e. The van der Waals surface area contributed by atoms with Gasteiger partial charge < -0.3 is 10.4 Å². The number of carboxylic acids is 1. The lowest BCUT2D eigenvalue weighted by atomic mass is 10.0. The molecular weight excluding hydrogens is 464 g/mol. The second-order valence-electron chi connectivity index (χ2n) is 8.20. The Labute approximate surface area is 198 Å². The highest BCUT2D eigenvalue weighted by Crippen LogP contribution is 2.17. The van der Waals surface area contributed by atoms with Crippen molar-refractivity contribution in [1.82, 2.24) is 26.2 Å². The third-order valence-corrected chi connectivity index (χ3v) is 6.93. The molecule has 0 bridgehead atoms. The highest BCUT2D eigenvalue weighted by Gasteiger charge is 2.29. The smallest absolute Gasteiger partial charge is 0.323 e. The minimum atomic E-state index is -4.03. The van der Waals surface area contributed by atoms with Crippen LogP contribution in [0.15, 0.2) is 40.2 Å². The van der Waals surface area contributed by atoms with Crippen molar-refractivity contribution in [2.45, 2.75) is 61.5 Å². The first kappa shape index (κ1) is 26.2. The number of nitrogens with one attached hydrogen (secondary N) is 5. The first-order valence-electron chi connectivity index (χ1n) is 11.3. The van der Waals surface area contributed by atoms with Gasteiger partial charge in [-0.25, -0.2) is 8.42 Å². The summed E-state index contributed by atoms with van der Waals surface area (Å²) in [4.78, 5) is 33.5. The van der Waals surface area contributed by atoms with Crippen LogP contribution in [-0.2, 0) is 24.4 Å². The van der Waals surface area contributed by atoms with Gasteiger partial charge in [-0.05, 0) is 44.4 Å². The molecule has 3 rings (SSSR count). The number of carbonyl (C=O) groups is 2. The zero-order valence-corrected chi connectivity index (χ0v) is 19.6. The molecule has 0 aromatic heterocycles. The molecule has 1 saturated heterocycles. The van der Waals surface area contributed by atoms with E-state index >= 15 is 0 Å². The second-order valence-corrected chi connectivity index (χ2v) is 9.91. The Morgan fingerprint density at radius 2 is 2.06 bits per heavy atom. The highest BCUT2D eigenvalue weighted by atomic mass is 32.2. The molecule has 34 heavy (non-hydrogen) atoms. The van der Waals surface area contributed by atoms with Crippen molar-refractivity contribution in [2.24, 2.45) is 4.99 Å². The van der Waals surface area contributed by atoms with Crippen molar-refractivity contribution >= 4 is 28.1 Å². The van der Waals surface area contributed by atoms with Crippen LogP contribution in [0.1, 0.15) is 32.1 Å². The number of carboxylic acid groups (broad SMARTS) is 1. The van der Waals surface area contributed by atoms with Gasteiger partial charge in [-0.2, -0.15) is 10.2 Å². The van der Waals surface area contributed by atoms with Crippen LogP contribution in [0.2, 0.25) is 0 Å². The predicted molar refractivity (Wildman–Crippen MR) is 124 cm³/mol. The standard InChI is InChI=1S/C21H32N6O6S/c28-19(25-14-18(20(29)30)27-34(31,32)17-7-2-1-3-8-17)13-16-12-15(26-33-16)6-4-9-22-21-23-10-5-11-24-21/h1-3,7-8,10,15-16,18,21-22,24,26-27H,4-6,9,11-14H2,(H,25,28)(H,29,30). The highest BCUT2D eigenvalue weighted by molar-refractivity contribution is 7.89. The summed E-state index contributed by atoms with van der Waals surface area (Å²) < 4.78 is 26.9. The summed E-state index contributed by atoms with van der Waals surface area (Å²) in [7, 11) is -4.03. The zero-order valence-electron chi connectivity index (χ0n) is 18.8. The van der Waals surface area contributed by atoms with E-state index in [1.165, 1.54) is 24.3 Å². The van der Waals surface area contributed by atoms with Gasteiger partial charge in [0.2, 0.25) is 15.9 Å². The Morgan fingerprint density at radius 1 is 1.26 bits per heavy atom. The monoisotopic (exact) mass is 496 g/mol. The Morgan fingerprint density at radius 3 is 2.76 bits per heavy atom. The van der Waals surface area contributed by atoms with Gasteiger partial charge in [0.1, 0.15) is 6.04 Å². The van der Waals surface area contributed by atoms with E-state index in [-0.39, 0.29) is 36.3 Å². The summed E-state index contributed by atoms with van der Waals surface area (Å²) in [6.45, 7) is 1.33. The van der Waals surface area contributed by atoms with Crippen molar-refractivity contribution in [3.8, 4) is 0 Å². The van der Waals surface area contributed by atoms with Gasteiger partial charge in [0.25, 0.3) is 0 Å². The largest absolute Gasteiger partial charge is 0.480 e. The van der Waals surface area contributed by atoms with E-state index in [2.05, 4.69) is 31.1 Å². The summed E-state index contributed by atoms with van der Waals surface area (Å²) in [5, 5.41) is 18.4. The summed E-state index contributed by atoms with van der Waals surface area (Å²) in [5.41, 5.74) is 2.94. The number of sulfonamides is 1. The van der Waals surface area contributed by atoms with Gasteiger partial charge in [0, 0.05) is 25.3 Å². The lowest BCUT2D eigenvalue weighted by Crippen LogP contribution is -2.48. The number of benzene rings is 1. The van der Waals surface area contributed by atoms with Crippen molar-refractivity contribution in [1.29, 1.82) is 0 Å². The Hall–Kier alpha value is -2.42. The van der Waals surface area contributed by atoms with Crippen LogP contribution in [0.5, 0.6) is 0 Å². The number of aliphatic carboxylic acids is 1. The molecule has 1 aromatic rings. The number of nitrogens with zero attached hydrogens (tertiary/aromatic N) is 1. The van der Waals surface area contributed by atoms with E-state index in [9.17, 15) is 23.1 Å². The Balaban J connectivity index is 1.35. The van der Waals surface area contributed by atoms with E-state index in [4.69, 9.17) is 4.84 Å². The molecule has 1 amide bonds. The van der Waals surface area contributed by atoms with E-state index in [0.717, 1.165) is 32.4 Å². The number of hydroxylamine groups is 1. The number of hydrogen-bond acceptors (Lipinski definition) is 9. The van der Waals surface area contributed by atoms with Crippen LogP contribution >= 0.6 is 0 Å². The zero-order chi connectivity index (χ0) is 24.4. The molecule has 0 saturated carbocycles. The normalized spacial score (nSPS) is 23.5. The molecule has 4 atom stereocenters. The van der Waals surface area contributed by atoms with Crippen molar-refractivity contribution in [2.75, 3.05) is 19.6 Å². The number of rotatable bonds is 13. The van der Waals surface area contributed by atoms with Gasteiger partial charge in [0.05, 0.1) is 17.4 Å². The minimum absolute atomic E-state index is 0.0372. The van der Waals surface area contributed by atoms with Crippen LogP contribution in [0.4, 0.5) is 0 Å². The van der Waals surface area contributed by atoms with Crippen LogP contribution in [0.3, 0.4) is 0 Å². The summed E-state index contributed by atoms with van der Waals surface area (Å²) in [6.07, 6.45) is 4.94. The molecular formula is C21H32N6O6S. The van der Waals surface area contributed by atoms with Crippen molar-refractivity contribution in [3.63, 3.8) is 0 Å². The fourth-order valence-corrected chi connectivity index (χ4v) is 4.88. The maximum atomic E-state index is 12.4. The van der Waals surface area contributed by atoms with Gasteiger partial charge in [-0.15, -0.1) is 0 Å².